The molecule has 0 unspecified atom stereocenters. The van der Waals surface area contributed by atoms with Gasteiger partial charge in [0.1, 0.15) is 0 Å². The van der Waals surface area contributed by atoms with E-state index in [0.29, 0.717) is 0 Å². The van der Waals surface area contributed by atoms with E-state index in [1.807, 2.05) is 0 Å². The fourth-order valence-electron chi connectivity index (χ4n) is 3.87. The summed E-state index contributed by atoms with van der Waals surface area (Å²) in [5.74, 6) is 0. The van der Waals surface area contributed by atoms with Crippen LogP contribution >= 0.6 is 0 Å². The largest absolute Gasteiger partial charge is 0.123 e. The third-order valence-electron chi connectivity index (χ3n) is 5.27. The molecule has 2 aliphatic carbocycles. The smallest absolute Gasteiger partial charge is 0.0244 e. The molecule has 0 spiro atoms. The first-order valence-electron chi connectivity index (χ1n) is 9.91. The minimum Gasteiger partial charge on any atom is -0.123 e. The summed E-state index contributed by atoms with van der Waals surface area (Å²) in [5, 5.41) is 0. The van der Waals surface area contributed by atoms with Crippen LogP contribution in [-0.2, 0) is 0 Å². The molecule has 0 saturated carbocycles. The van der Waals surface area contributed by atoms with Crippen molar-refractivity contribution in [3.8, 4) is 0 Å². The second-order valence-electron chi connectivity index (χ2n) is 7.28. The summed E-state index contributed by atoms with van der Waals surface area (Å²) >= 11 is 0. The second kappa shape index (κ2) is 11.1. The van der Waals surface area contributed by atoms with Gasteiger partial charge >= 0.3 is 0 Å². The number of rotatable bonds is 0. The van der Waals surface area contributed by atoms with Gasteiger partial charge in [-0.25, -0.2) is 0 Å². The molecular formula is C21H36. The Hall–Kier alpha value is -0.480. The number of hydrogen-bond acceptors (Lipinski definition) is 0. The first-order chi connectivity index (χ1) is 10.4. The van der Waals surface area contributed by atoms with Gasteiger partial charge in [0, 0.05) is 0 Å². The first-order valence-corrected chi connectivity index (χ1v) is 9.91. The van der Waals surface area contributed by atoms with Gasteiger partial charge in [0.2, 0.25) is 0 Å². The molecule has 0 fully saturated rings. The van der Waals surface area contributed by atoms with E-state index in [-0.39, 0.29) is 0 Å². The molecule has 2 rings (SSSR count). The van der Waals surface area contributed by atoms with Gasteiger partial charge in [-0.1, -0.05) is 64.2 Å². The highest BCUT2D eigenvalue weighted by molar-refractivity contribution is 5.10. The maximum Gasteiger partial charge on any atom is -0.0244 e. The first kappa shape index (κ1) is 16.9. The van der Waals surface area contributed by atoms with E-state index in [0.717, 1.165) is 0 Å². The Morgan fingerprint density at radius 3 is 0.857 bits per heavy atom. The third-order valence-corrected chi connectivity index (χ3v) is 5.27. The van der Waals surface area contributed by atoms with Gasteiger partial charge in [-0.05, 0) is 62.5 Å². The van der Waals surface area contributed by atoms with Crippen LogP contribution in [0.5, 0.6) is 0 Å². The molecule has 0 radical (unpaired) electrons. The quantitative estimate of drug-likeness (QED) is 0.405. The van der Waals surface area contributed by atoms with Crippen molar-refractivity contribution in [3.05, 3.63) is 16.9 Å². The molecule has 0 atom stereocenters. The van der Waals surface area contributed by atoms with Crippen LogP contribution in [0.1, 0.15) is 116 Å². The second-order valence-corrected chi connectivity index (χ2v) is 7.28. The summed E-state index contributed by atoms with van der Waals surface area (Å²) in [5.41, 5.74) is 7.27. The van der Waals surface area contributed by atoms with Crippen molar-refractivity contribution in [2.45, 2.75) is 116 Å². The lowest BCUT2D eigenvalue weighted by molar-refractivity contribution is 0.555. The van der Waals surface area contributed by atoms with Gasteiger partial charge in [-0.3, -0.25) is 0 Å². The van der Waals surface area contributed by atoms with Crippen LogP contribution in [0.25, 0.3) is 0 Å². The van der Waals surface area contributed by atoms with Crippen molar-refractivity contribution < 1.29 is 0 Å². The normalized spacial score (nSPS) is 24.4. The van der Waals surface area contributed by atoms with Crippen LogP contribution in [0.4, 0.5) is 0 Å². The summed E-state index contributed by atoms with van der Waals surface area (Å²) in [6, 6.07) is 0. The van der Waals surface area contributed by atoms with Crippen LogP contribution in [0.2, 0.25) is 0 Å². The van der Waals surface area contributed by atoms with Crippen molar-refractivity contribution in [2.24, 2.45) is 0 Å². The number of hydrogen-bond donors (Lipinski definition) is 0. The lowest BCUT2D eigenvalue weighted by atomic mass is 9.98. The fourth-order valence-corrected chi connectivity index (χ4v) is 3.87. The van der Waals surface area contributed by atoms with Gasteiger partial charge in [-0.15, -0.1) is 5.73 Å². The topological polar surface area (TPSA) is 0 Å². The molecule has 0 heteroatoms. The van der Waals surface area contributed by atoms with Crippen molar-refractivity contribution in [3.63, 3.8) is 0 Å². The Balaban J connectivity index is 2.02. The van der Waals surface area contributed by atoms with E-state index in [1.165, 1.54) is 116 Å². The van der Waals surface area contributed by atoms with Crippen LogP contribution in [0.3, 0.4) is 0 Å². The summed E-state index contributed by atoms with van der Waals surface area (Å²) in [6.45, 7) is 0. The molecular weight excluding hydrogens is 252 g/mol. The highest BCUT2D eigenvalue weighted by Gasteiger charge is 2.05. The Morgan fingerprint density at radius 2 is 0.571 bits per heavy atom. The van der Waals surface area contributed by atoms with Crippen molar-refractivity contribution >= 4 is 0 Å². The van der Waals surface area contributed by atoms with Crippen molar-refractivity contribution in [1.82, 2.24) is 0 Å². The Kier molecular flexibility index (Phi) is 8.95. The molecule has 0 nitrogen and oxygen atoms in total. The van der Waals surface area contributed by atoms with Gasteiger partial charge in [0.15, 0.2) is 0 Å². The summed E-state index contributed by atoms with van der Waals surface area (Å²) in [6.07, 6.45) is 25.6. The standard InChI is InChI=1S/C21H36/c1-2-4-8-12-16-21-18-14-10-6-5-9-13-17-20(19-21)15-11-7-3-1/h1-18H2. The van der Waals surface area contributed by atoms with E-state index < -0.39 is 0 Å². The van der Waals surface area contributed by atoms with Crippen LogP contribution in [0, 0.1) is 0 Å². The van der Waals surface area contributed by atoms with E-state index >= 15 is 0 Å². The van der Waals surface area contributed by atoms with Crippen LogP contribution in [-0.4, -0.2) is 0 Å². The highest BCUT2D eigenvalue weighted by atomic mass is 14.1. The van der Waals surface area contributed by atoms with Gasteiger partial charge in [-0.2, -0.15) is 0 Å². The zero-order chi connectivity index (χ0) is 14.6. The molecule has 2 bridgehead atoms. The highest BCUT2D eigenvalue weighted by Crippen LogP contribution is 2.24. The van der Waals surface area contributed by atoms with Gasteiger partial charge in [0.25, 0.3) is 0 Å². The Morgan fingerprint density at radius 1 is 0.333 bits per heavy atom. The molecule has 0 aromatic heterocycles. The summed E-state index contributed by atoms with van der Waals surface area (Å²) < 4.78 is 0. The molecule has 0 heterocycles. The minimum atomic E-state index is 1.34. The average molecular weight is 289 g/mol. The maximum absolute atomic E-state index is 3.92. The van der Waals surface area contributed by atoms with Crippen molar-refractivity contribution in [2.75, 3.05) is 0 Å². The van der Waals surface area contributed by atoms with Gasteiger partial charge in [0.05, 0.1) is 0 Å². The number of allylic oxidation sites excluding steroid dienone is 1. The predicted molar refractivity (Wildman–Crippen MR) is 93.6 cm³/mol. The third kappa shape index (κ3) is 7.91. The molecule has 2 aliphatic rings. The van der Waals surface area contributed by atoms with Crippen LogP contribution < -0.4 is 0 Å². The van der Waals surface area contributed by atoms with Crippen molar-refractivity contribution in [1.29, 1.82) is 0 Å². The zero-order valence-corrected chi connectivity index (χ0v) is 14.2. The maximum atomic E-state index is 3.92. The Labute approximate surface area is 133 Å². The summed E-state index contributed by atoms with van der Waals surface area (Å²) in [7, 11) is 0. The molecule has 0 N–H and O–H groups in total. The molecule has 0 aromatic carbocycles. The lowest BCUT2D eigenvalue weighted by Crippen LogP contribution is -1.88. The fraction of sp³-hybridized carbons (Fsp3) is 0.857. The molecule has 21 heavy (non-hydrogen) atoms. The van der Waals surface area contributed by atoms with E-state index in [1.54, 1.807) is 11.1 Å². The molecule has 0 amide bonds. The predicted octanol–water partition coefficient (Wildman–Crippen LogP) is 7.49. The molecule has 0 aromatic rings. The molecule has 0 saturated heterocycles. The van der Waals surface area contributed by atoms with Gasteiger partial charge < -0.3 is 0 Å². The average Bonchev–Trinajstić information content (AvgIpc) is 2.52. The monoisotopic (exact) mass is 288 g/mol. The lowest BCUT2D eigenvalue weighted by Gasteiger charge is -2.07. The van der Waals surface area contributed by atoms with E-state index in [2.05, 4.69) is 5.73 Å². The van der Waals surface area contributed by atoms with Crippen LogP contribution in [0.15, 0.2) is 16.9 Å². The summed E-state index contributed by atoms with van der Waals surface area (Å²) in [4.78, 5) is 0. The Bertz CT molecular complexity index is 300. The van der Waals surface area contributed by atoms with E-state index in [9.17, 15) is 0 Å². The zero-order valence-electron chi connectivity index (χ0n) is 14.2. The molecule has 0 aliphatic heterocycles. The molecule has 120 valence electrons. The minimum absolute atomic E-state index is 1.34. The SMILES string of the molecule is C1=C2CCCCCCCCCCC=1CCCCCCCC2. The van der Waals surface area contributed by atoms with E-state index in [4.69, 9.17) is 0 Å².